The number of likely N-dealkylation sites (tertiary alicyclic amines) is 1. The van der Waals surface area contributed by atoms with Crippen molar-refractivity contribution in [2.24, 2.45) is 5.92 Å². The maximum atomic E-state index is 13.8. The second kappa shape index (κ2) is 9.81. The molecular weight excluding hydrogens is 428 g/mol. The number of benzene rings is 2. The van der Waals surface area contributed by atoms with Crippen LogP contribution in [-0.4, -0.2) is 53.1 Å². The molecule has 1 aliphatic rings. The zero-order valence-electron chi connectivity index (χ0n) is 19.4. The third-order valence-electron chi connectivity index (χ3n) is 5.85. The summed E-state index contributed by atoms with van der Waals surface area (Å²) in [6, 6.07) is 10.0. The molecule has 2 aromatic rings. The van der Waals surface area contributed by atoms with Crippen LogP contribution in [0.2, 0.25) is 0 Å². The Morgan fingerprint density at radius 3 is 2.16 bits per heavy atom. The van der Waals surface area contributed by atoms with Crippen LogP contribution in [0.4, 0.5) is 5.69 Å². The quantitative estimate of drug-likeness (QED) is 0.629. The molecule has 32 heavy (non-hydrogen) atoms. The van der Waals surface area contributed by atoms with Crippen molar-refractivity contribution in [2.45, 2.75) is 38.5 Å². The van der Waals surface area contributed by atoms with Gasteiger partial charge in [0.1, 0.15) is 6.54 Å². The molecule has 0 radical (unpaired) electrons. The van der Waals surface area contributed by atoms with E-state index in [2.05, 4.69) is 6.92 Å². The number of carbonyl (C=O) groups excluding carboxylic acids is 1. The lowest BCUT2D eigenvalue weighted by Gasteiger charge is -2.33. The molecule has 0 unspecified atom stereocenters. The molecule has 0 bridgehead atoms. The van der Waals surface area contributed by atoms with Crippen LogP contribution in [-0.2, 0) is 14.8 Å². The van der Waals surface area contributed by atoms with E-state index in [0.717, 1.165) is 24.0 Å². The van der Waals surface area contributed by atoms with Crippen molar-refractivity contribution >= 4 is 21.6 Å². The zero-order chi connectivity index (χ0) is 23.5. The number of methoxy groups -OCH3 is 2. The smallest absolute Gasteiger partial charge is 0.264 e. The second-order valence-corrected chi connectivity index (χ2v) is 10.3. The van der Waals surface area contributed by atoms with E-state index in [0.29, 0.717) is 36.2 Å². The Kier molecular flexibility index (Phi) is 7.33. The van der Waals surface area contributed by atoms with E-state index in [1.807, 2.05) is 19.9 Å². The van der Waals surface area contributed by atoms with E-state index in [-0.39, 0.29) is 17.3 Å². The Labute approximate surface area is 191 Å². The van der Waals surface area contributed by atoms with Gasteiger partial charge >= 0.3 is 0 Å². The minimum absolute atomic E-state index is 0.0365. The molecule has 0 spiro atoms. The summed E-state index contributed by atoms with van der Waals surface area (Å²) in [5.74, 6) is 1.12. The summed E-state index contributed by atoms with van der Waals surface area (Å²) in [6.45, 7) is 7.03. The molecular formula is C24H32N2O5S. The Bertz CT molecular complexity index is 1060. The monoisotopic (exact) mass is 460 g/mol. The predicted molar refractivity (Wildman–Crippen MR) is 125 cm³/mol. The highest BCUT2D eigenvalue weighted by atomic mass is 32.2. The van der Waals surface area contributed by atoms with Crippen molar-refractivity contribution in [2.75, 3.05) is 38.2 Å². The van der Waals surface area contributed by atoms with Crippen LogP contribution in [0.25, 0.3) is 0 Å². The molecule has 0 aliphatic carbocycles. The largest absolute Gasteiger partial charge is 0.493 e. The third kappa shape index (κ3) is 5.18. The fourth-order valence-electron chi connectivity index (χ4n) is 3.99. The lowest BCUT2D eigenvalue weighted by molar-refractivity contribution is -0.130. The van der Waals surface area contributed by atoms with E-state index in [1.54, 1.807) is 23.1 Å². The van der Waals surface area contributed by atoms with Crippen LogP contribution in [0.15, 0.2) is 41.3 Å². The number of hydrogen-bond acceptors (Lipinski definition) is 5. The molecule has 0 aromatic heterocycles. The van der Waals surface area contributed by atoms with Gasteiger partial charge in [-0.2, -0.15) is 0 Å². The Morgan fingerprint density at radius 1 is 1.00 bits per heavy atom. The summed E-state index contributed by atoms with van der Waals surface area (Å²) in [5, 5.41) is 0. The lowest BCUT2D eigenvalue weighted by Crippen LogP contribution is -2.45. The number of hydrogen-bond donors (Lipinski definition) is 0. The lowest BCUT2D eigenvalue weighted by atomic mass is 9.99. The minimum Gasteiger partial charge on any atom is -0.493 e. The van der Waals surface area contributed by atoms with Gasteiger partial charge in [-0.1, -0.05) is 13.0 Å². The number of nitrogens with zero attached hydrogens (tertiary/aromatic N) is 2. The SMILES string of the molecule is COc1ccc(S(=O)(=O)N(CC(=O)N2CCC(C)CC2)c2cc(C)cc(C)c2)cc1OC. The average Bonchev–Trinajstić information content (AvgIpc) is 2.76. The van der Waals surface area contributed by atoms with Crippen molar-refractivity contribution < 1.29 is 22.7 Å². The number of carbonyl (C=O) groups is 1. The van der Waals surface area contributed by atoms with E-state index >= 15 is 0 Å². The molecule has 0 atom stereocenters. The summed E-state index contributed by atoms with van der Waals surface area (Å²) in [7, 11) is -1.09. The van der Waals surface area contributed by atoms with Gasteiger partial charge in [0.15, 0.2) is 11.5 Å². The Balaban J connectivity index is 2.02. The number of aryl methyl sites for hydroxylation is 2. The van der Waals surface area contributed by atoms with Crippen LogP contribution in [0.3, 0.4) is 0 Å². The number of ether oxygens (including phenoxy) is 2. The first kappa shape index (κ1) is 23.9. The summed E-state index contributed by atoms with van der Waals surface area (Å²) in [4.78, 5) is 14.9. The highest BCUT2D eigenvalue weighted by molar-refractivity contribution is 7.92. The fourth-order valence-corrected chi connectivity index (χ4v) is 5.41. The predicted octanol–water partition coefficient (Wildman–Crippen LogP) is 3.77. The number of sulfonamides is 1. The summed E-state index contributed by atoms with van der Waals surface area (Å²) in [5.41, 5.74) is 2.31. The van der Waals surface area contributed by atoms with Crippen LogP contribution in [0.5, 0.6) is 11.5 Å². The first-order valence-electron chi connectivity index (χ1n) is 10.8. The van der Waals surface area contributed by atoms with E-state index in [4.69, 9.17) is 9.47 Å². The molecule has 1 fully saturated rings. The molecule has 7 nitrogen and oxygen atoms in total. The molecule has 8 heteroatoms. The fraction of sp³-hybridized carbons (Fsp3) is 0.458. The standard InChI is InChI=1S/C24H32N2O5S/c1-17-8-10-25(11-9-17)24(27)16-26(20-13-18(2)12-19(3)14-20)32(28,29)21-6-7-22(30-4)23(15-21)31-5/h6-7,12-15,17H,8-11,16H2,1-5H3. The molecule has 2 aromatic carbocycles. The highest BCUT2D eigenvalue weighted by Crippen LogP contribution is 2.33. The van der Waals surface area contributed by atoms with Crippen molar-refractivity contribution in [3.05, 3.63) is 47.5 Å². The van der Waals surface area contributed by atoms with E-state index < -0.39 is 10.0 Å². The zero-order valence-corrected chi connectivity index (χ0v) is 20.2. The number of rotatable bonds is 7. The maximum Gasteiger partial charge on any atom is 0.264 e. The van der Waals surface area contributed by atoms with Gasteiger partial charge in [0.2, 0.25) is 5.91 Å². The number of anilines is 1. The molecule has 0 N–H and O–H groups in total. The van der Waals surface area contributed by atoms with Gasteiger partial charge in [-0.05, 0) is 68.0 Å². The second-order valence-electron chi connectivity index (χ2n) is 8.44. The van der Waals surface area contributed by atoms with Gasteiger partial charge in [-0.15, -0.1) is 0 Å². The van der Waals surface area contributed by atoms with Gasteiger partial charge in [-0.3, -0.25) is 9.10 Å². The van der Waals surface area contributed by atoms with Crippen molar-refractivity contribution in [3.8, 4) is 11.5 Å². The van der Waals surface area contributed by atoms with E-state index in [1.165, 1.54) is 30.7 Å². The highest BCUT2D eigenvalue weighted by Gasteiger charge is 2.31. The van der Waals surface area contributed by atoms with Crippen molar-refractivity contribution in [3.63, 3.8) is 0 Å². The van der Waals surface area contributed by atoms with Gasteiger partial charge in [0.25, 0.3) is 10.0 Å². The molecule has 3 rings (SSSR count). The number of piperidine rings is 1. The Hall–Kier alpha value is -2.74. The van der Waals surface area contributed by atoms with Crippen LogP contribution >= 0.6 is 0 Å². The van der Waals surface area contributed by atoms with Crippen molar-refractivity contribution in [1.29, 1.82) is 0 Å². The molecule has 1 saturated heterocycles. The first-order chi connectivity index (χ1) is 15.1. The van der Waals surface area contributed by atoms with Gasteiger partial charge < -0.3 is 14.4 Å². The van der Waals surface area contributed by atoms with Gasteiger partial charge in [0.05, 0.1) is 24.8 Å². The summed E-state index contributed by atoms with van der Waals surface area (Å²) < 4.78 is 39.2. The normalized spacial score (nSPS) is 14.8. The van der Waals surface area contributed by atoms with Crippen LogP contribution in [0, 0.1) is 19.8 Å². The molecule has 1 amide bonds. The molecule has 1 heterocycles. The Morgan fingerprint density at radius 2 is 1.59 bits per heavy atom. The van der Waals surface area contributed by atoms with Crippen LogP contribution in [0.1, 0.15) is 30.9 Å². The first-order valence-corrected chi connectivity index (χ1v) is 12.2. The maximum absolute atomic E-state index is 13.8. The summed E-state index contributed by atoms with van der Waals surface area (Å²) >= 11 is 0. The summed E-state index contributed by atoms with van der Waals surface area (Å²) in [6.07, 6.45) is 1.86. The minimum atomic E-state index is -4.04. The molecule has 1 aliphatic heterocycles. The van der Waals surface area contributed by atoms with Crippen molar-refractivity contribution in [1.82, 2.24) is 4.90 Å². The topological polar surface area (TPSA) is 76.2 Å². The molecule has 174 valence electrons. The van der Waals surface area contributed by atoms with Crippen LogP contribution < -0.4 is 13.8 Å². The third-order valence-corrected chi connectivity index (χ3v) is 7.62. The molecule has 0 saturated carbocycles. The van der Waals surface area contributed by atoms with Gasteiger partial charge in [0, 0.05) is 19.2 Å². The number of amides is 1. The average molecular weight is 461 g/mol. The van der Waals surface area contributed by atoms with Gasteiger partial charge in [-0.25, -0.2) is 8.42 Å². The van der Waals surface area contributed by atoms with E-state index in [9.17, 15) is 13.2 Å².